The first kappa shape index (κ1) is 12.0. The predicted molar refractivity (Wildman–Crippen MR) is 56.6 cm³/mol. The van der Waals surface area contributed by atoms with Crippen molar-refractivity contribution < 1.29 is 19.4 Å². The molecular weight excluding hydrogens is 219 g/mol. The van der Waals surface area contributed by atoms with Crippen molar-refractivity contribution in [3.63, 3.8) is 0 Å². The Balaban J connectivity index is 2.81. The van der Waals surface area contributed by atoms with Crippen LogP contribution in [-0.4, -0.2) is 28.5 Å². The van der Waals surface area contributed by atoms with Crippen molar-refractivity contribution >= 4 is 17.7 Å². The zero-order chi connectivity index (χ0) is 11.3. The molecule has 0 aliphatic rings. The Morgan fingerprint density at radius 2 is 2.20 bits per heavy atom. The molecule has 0 saturated carbocycles. The summed E-state index contributed by atoms with van der Waals surface area (Å²) in [6, 6.07) is 3.71. The predicted octanol–water partition coefficient (Wildman–Crippen LogP) is 1.75. The molecule has 0 radical (unpaired) electrons. The molecule has 0 bridgehead atoms. The van der Waals surface area contributed by atoms with Gasteiger partial charge in [0.05, 0.1) is 12.2 Å². The van der Waals surface area contributed by atoms with Gasteiger partial charge >= 0.3 is 5.97 Å². The fourth-order valence-corrected chi connectivity index (χ4v) is 1.87. The molecule has 1 rings (SSSR count). The van der Waals surface area contributed by atoms with Crippen LogP contribution in [0.4, 0.5) is 4.39 Å². The monoisotopic (exact) mass is 230 g/mol. The van der Waals surface area contributed by atoms with E-state index in [4.69, 9.17) is 10.2 Å². The van der Waals surface area contributed by atoms with Crippen molar-refractivity contribution in [1.29, 1.82) is 0 Å². The van der Waals surface area contributed by atoms with Crippen LogP contribution in [0, 0.1) is 5.82 Å². The minimum Gasteiger partial charge on any atom is -0.478 e. The number of benzene rings is 1. The number of hydrogen-bond donors (Lipinski definition) is 2. The highest BCUT2D eigenvalue weighted by molar-refractivity contribution is 7.98. The van der Waals surface area contributed by atoms with Gasteiger partial charge in [-0.2, -0.15) is 11.8 Å². The standard InChI is InChI=1S/C10H11FO3S/c11-8-2-1-7(6-15-4-3-12)9(5-8)10(13)14/h1-2,5,12H,3-4,6H2,(H,13,14). The van der Waals surface area contributed by atoms with Gasteiger partial charge in [-0.3, -0.25) is 0 Å². The minimum absolute atomic E-state index is 0.0135. The SMILES string of the molecule is O=C(O)c1cc(F)ccc1CSCCO. The number of hydrogen-bond acceptors (Lipinski definition) is 3. The number of rotatable bonds is 5. The molecule has 1 aromatic carbocycles. The molecule has 15 heavy (non-hydrogen) atoms. The molecular formula is C10H11FO3S. The van der Waals surface area contributed by atoms with E-state index in [0.717, 1.165) is 6.07 Å². The molecule has 0 atom stereocenters. The molecule has 0 amide bonds. The fourth-order valence-electron chi connectivity index (χ4n) is 1.12. The molecule has 0 fully saturated rings. The molecule has 2 N–H and O–H groups in total. The number of aromatic carboxylic acids is 1. The van der Waals surface area contributed by atoms with Gasteiger partial charge in [-0.1, -0.05) is 6.07 Å². The van der Waals surface area contributed by atoms with E-state index in [2.05, 4.69) is 0 Å². The van der Waals surface area contributed by atoms with Crippen LogP contribution >= 0.6 is 11.8 Å². The molecule has 5 heteroatoms. The summed E-state index contributed by atoms with van der Waals surface area (Å²) in [4.78, 5) is 10.8. The van der Waals surface area contributed by atoms with Gasteiger partial charge in [0.1, 0.15) is 5.82 Å². The lowest BCUT2D eigenvalue weighted by molar-refractivity contribution is 0.0695. The van der Waals surface area contributed by atoms with Crippen LogP contribution in [0.1, 0.15) is 15.9 Å². The van der Waals surface area contributed by atoms with Crippen LogP contribution in [-0.2, 0) is 5.75 Å². The van der Waals surface area contributed by atoms with E-state index >= 15 is 0 Å². The van der Waals surface area contributed by atoms with Gasteiger partial charge in [-0.15, -0.1) is 0 Å². The molecule has 0 aliphatic heterocycles. The first-order chi connectivity index (χ1) is 7.15. The largest absolute Gasteiger partial charge is 0.478 e. The summed E-state index contributed by atoms with van der Waals surface area (Å²) in [7, 11) is 0. The average molecular weight is 230 g/mol. The number of carbonyl (C=O) groups is 1. The maximum absolute atomic E-state index is 12.8. The van der Waals surface area contributed by atoms with E-state index in [1.807, 2.05) is 0 Å². The highest BCUT2D eigenvalue weighted by Gasteiger charge is 2.10. The summed E-state index contributed by atoms with van der Waals surface area (Å²) in [6.45, 7) is 0.0499. The Morgan fingerprint density at radius 3 is 2.80 bits per heavy atom. The van der Waals surface area contributed by atoms with Crippen LogP contribution < -0.4 is 0 Å². The molecule has 0 heterocycles. The van der Waals surface area contributed by atoms with Crippen molar-refractivity contribution in [2.24, 2.45) is 0 Å². The number of aliphatic hydroxyl groups is 1. The summed E-state index contributed by atoms with van der Waals surface area (Å²) in [5.74, 6) is -0.684. The first-order valence-corrected chi connectivity index (χ1v) is 5.51. The summed E-state index contributed by atoms with van der Waals surface area (Å²) in [5, 5.41) is 17.4. The van der Waals surface area contributed by atoms with Crippen LogP contribution in [0.15, 0.2) is 18.2 Å². The Hall–Kier alpha value is -1.07. The summed E-state index contributed by atoms with van der Waals surface area (Å²) >= 11 is 1.41. The lowest BCUT2D eigenvalue weighted by Crippen LogP contribution is -2.02. The number of aliphatic hydroxyl groups excluding tert-OH is 1. The number of carboxylic acids is 1. The Morgan fingerprint density at radius 1 is 1.47 bits per heavy atom. The van der Waals surface area contributed by atoms with E-state index in [1.54, 1.807) is 0 Å². The Kier molecular flexibility index (Phi) is 4.58. The van der Waals surface area contributed by atoms with Crippen molar-refractivity contribution in [2.75, 3.05) is 12.4 Å². The van der Waals surface area contributed by atoms with Crippen LogP contribution in [0.25, 0.3) is 0 Å². The number of halogens is 1. The van der Waals surface area contributed by atoms with E-state index in [0.29, 0.717) is 17.1 Å². The van der Waals surface area contributed by atoms with E-state index in [-0.39, 0.29) is 12.2 Å². The minimum atomic E-state index is -1.13. The zero-order valence-electron chi connectivity index (χ0n) is 7.94. The molecule has 82 valence electrons. The van der Waals surface area contributed by atoms with Crippen LogP contribution in [0.5, 0.6) is 0 Å². The van der Waals surface area contributed by atoms with Gasteiger partial charge < -0.3 is 10.2 Å². The van der Waals surface area contributed by atoms with Crippen molar-refractivity contribution in [2.45, 2.75) is 5.75 Å². The molecule has 0 spiro atoms. The maximum atomic E-state index is 12.8. The lowest BCUT2D eigenvalue weighted by Gasteiger charge is -2.05. The second kappa shape index (κ2) is 5.72. The van der Waals surface area contributed by atoms with Crippen LogP contribution in [0.3, 0.4) is 0 Å². The van der Waals surface area contributed by atoms with Gasteiger partial charge in [0, 0.05) is 11.5 Å². The van der Waals surface area contributed by atoms with E-state index in [1.165, 1.54) is 23.9 Å². The molecule has 0 aromatic heterocycles. The Bertz CT molecular complexity index is 355. The normalized spacial score (nSPS) is 10.3. The van der Waals surface area contributed by atoms with Gasteiger partial charge in [-0.05, 0) is 17.7 Å². The number of thioether (sulfide) groups is 1. The quantitative estimate of drug-likeness (QED) is 0.757. The first-order valence-electron chi connectivity index (χ1n) is 4.35. The topological polar surface area (TPSA) is 57.5 Å². The molecule has 0 saturated heterocycles. The zero-order valence-corrected chi connectivity index (χ0v) is 8.76. The molecule has 0 aliphatic carbocycles. The van der Waals surface area contributed by atoms with Gasteiger partial charge in [0.25, 0.3) is 0 Å². The van der Waals surface area contributed by atoms with Crippen molar-refractivity contribution in [3.05, 3.63) is 35.1 Å². The van der Waals surface area contributed by atoms with Gasteiger partial charge in [0.15, 0.2) is 0 Å². The number of carboxylic acid groups (broad SMARTS) is 1. The maximum Gasteiger partial charge on any atom is 0.336 e. The highest BCUT2D eigenvalue weighted by Crippen LogP contribution is 2.17. The summed E-state index contributed by atoms with van der Waals surface area (Å²) in [6.07, 6.45) is 0. The lowest BCUT2D eigenvalue weighted by atomic mass is 10.1. The molecule has 0 unspecified atom stereocenters. The second-order valence-electron chi connectivity index (χ2n) is 2.88. The molecule has 3 nitrogen and oxygen atoms in total. The average Bonchev–Trinajstić information content (AvgIpc) is 2.20. The Labute approximate surface area is 90.9 Å². The smallest absolute Gasteiger partial charge is 0.336 e. The third-order valence-electron chi connectivity index (χ3n) is 1.80. The third-order valence-corrected chi connectivity index (χ3v) is 2.78. The molecule has 1 aromatic rings. The fraction of sp³-hybridized carbons (Fsp3) is 0.300. The van der Waals surface area contributed by atoms with Gasteiger partial charge in [-0.25, -0.2) is 9.18 Å². The second-order valence-corrected chi connectivity index (χ2v) is 3.99. The third kappa shape index (κ3) is 3.53. The van der Waals surface area contributed by atoms with E-state index < -0.39 is 11.8 Å². The van der Waals surface area contributed by atoms with Crippen molar-refractivity contribution in [3.8, 4) is 0 Å². The van der Waals surface area contributed by atoms with Crippen molar-refractivity contribution in [1.82, 2.24) is 0 Å². The van der Waals surface area contributed by atoms with E-state index in [9.17, 15) is 9.18 Å². The van der Waals surface area contributed by atoms with Crippen LogP contribution in [0.2, 0.25) is 0 Å². The summed E-state index contributed by atoms with van der Waals surface area (Å²) in [5.41, 5.74) is 0.558. The summed E-state index contributed by atoms with van der Waals surface area (Å²) < 4.78 is 12.8. The van der Waals surface area contributed by atoms with Gasteiger partial charge in [0.2, 0.25) is 0 Å². The highest BCUT2D eigenvalue weighted by atomic mass is 32.2.